The van der Waals surface area contributed by atoms with Crippen LogP contribution in [-0.2, 0) is 11.4 Å². The molecule has 2 aromatic carbocycles. The molecule has 3 rings (SSSR count). The molecule has 0 radical (unpaired) electrons. The number of halogens is 2. The number of nitrogens with one attached hydrogen (secondary N) is 2. The minimum Gasteiger partial charge on any atom is -0.487 e. The fourth-order valence-corrected chi connectivity index (χ4v) is 4.20. The summed E-state index contributed by atoms with van der Waals surface area (Å²) in [7, 11) is 0. The Kier molecular flexibility index (Phi) is 6.96. The first-order valence-electron chi connectivity index (χ1n) is 8.89. The van der Waals surface area contributed by atoms with E-state index in [9.17, 15) is 9.59 Å². The van der Waals surface area contributed by atoms with Crippen molar-refractivity contribution in [3.63, 3.8) is 0 Å². The number of carbonyl (C=O) groups is 2. The van der Waals surface area contributed by atoms with E-state index in [0.29, 0.717) is 32.9 Å². The Balaban J connectivity index is 1.65. The summed E-state index contributed by atoms with van der Waals surface area (Å²) in [6, 6.07) is 11.9. The van der Waals surface area contributed by atoms with Gasteiger partial charge in [0.15, 0.2) is 0 Å². The third-order valence-electron chi connectivity index (χ3n) is 4.45. The predicted molar refractivity (Wildman–Crippen MR) is 114 cm³/mol. The molecule has 0 bridgehead atoms. The Bertz CT molecular complexity index is 861. The molecular formula is C20H20Br2N2O4. The average Bonchev–Trinajstić information content (AvgIpc) is 2.62. The van der Waals surface area contributed by atoms with Crippen molar-refractivity contribution in [3.8, 4) is 5.75 Å². The van der Waals surface area contributed by atoms with E-state index in [1.165, 1.54) is 19.3 Å². The van der Waals surface area contributed by atoms with Crippen molar-refractivity contribution in [2.45, 2.75) is 31.9 Å². The van der Waals surface area contributed by atoms with Gasteiger partial charge < -0.3 is 20.5 Å². The van der Waals surface area contributed by atoms with Gasteiger partial charge in [-0.3, -0.25) is 9.59 Å². The third kappa shape index (κ3) is 5.48. The summed E-state index contributed by atoms with van der Waals surface area (Å²) in [5.41, 5.74) is 2.46. The zero-order valence-corrected chi connectivity index (χ0v) is 18.2. The molecule has 0 saturated heterocycles. The predicted octanol–water partition coefficient (Wildman–Crippen LogP) is 4.57. The van der Waals surface area contributed by atoms with E-state index in [4.69, 9.17) is 9.84 Å². The van der Waals surface area contributed by atoms with Gasteiger partial charge in [0.05, 0.1) is 8.95 Å². The van der Waals surface area contributed by atoms with Crippen LogP contribution < -0.4 is 15.4 Å². The molecule has 1 amide bonds. The largest absolute Gasteiger partial charge is 0.487 e. The first-order chi connectivity index (χ1) is 13.4. The number of hydrogen-bond acceptors (Lipinski definition) is 4. The third-order valence-corrected chi connectivity index (χ3v) is 5.62. The van der Waals surface area contributed by atoms with Crippen molar-refractivity contribution in [2.24, 2.45) is 0 Å². The second kappa shape index (κ2) is 9.43. The van der Waals surface area contributed by atoms with Crippen LogP contribution in [0.2, 0.25) is 0 Å². The normalized spacial score (nSPS) is 13.5. The van der Waals surface area contributed by atoms with Crippen molar-refractivity contribution in [2.75, 3.05) is 11.9 Å². The number of amides is 1. The first-order valence-corrected chi connectivity index (χ1v) is 10.5. The van der Waals surface area contributed by atoms with Gasteiger partial charge in [0.1, 0.15) is 18.9 Å². The summed E-state index contributed by atoms with van der Waals surface area (Å²) in [5.74, 6) is -0.988. The summed E-state index contributed by atoms with van der Waals surface area (Å²) in [6.07, 6.45) is 3.72. The maximum Gasteiger partial charge on any atom is 0.322 e. The molecule has 148 valence electrons. The van der Waals surface area contributed by atoms with E-state index < -0.39 is 18.4 Å². The van der Waals surface area contributed by atoms with E-state index in [0.717, 1.165) is 11.3 Å². The summed E-state index contributed by atoms with van der Waals surface area (Å²) < 4.78 is 7.15. The maximum absolute atomic E-state index is 12.0. The first kappa shape index (κ1) is 20.7. The number of benzene rings is 2. The number of hydrogen-bond donors (Lipinski definition) is 3. The standard InChI is InChI=1S/C20H20Br2N2O4/c21-16-8-13(20(27)23-10-18(25)26)9-17(22)19(16)28-11-12-3-1-6-15(7-12)24-14-4-2-5-14/h1,3,6-9,14,24H,2,4-5,10-11H2,(H,23,27)(H,25,26). The molecule has 0 aromatic heterocycles. The van der Waals surface area contributed by atoms with Gasteiger partial charge in [-0.25, -0.2) is 0 Å². The Morgan fingerprint density at radius 2 is 1.86 bits per heavy atom. The van der Waals surface area contributed by atoms with E-state index in [-0.39, 0.29) is 0 Å². The summed E-state index contributed by atoms with van der Waals surface area (Å²) in [4.78, 5) is 22.6. The number of ether oxygens (including phenoxy) is 1. The lowest BCUT2D eigenvalue weighted by atomic mass is 9.93. The molecule has 0 atom stereocenters. The number of carboxylic acids is 1. The molecule has 1 saturated carbocycles. The second-order valence-corrected chi connectivity index (χ2v) is 8.32. The van der Waals surface area contributed by atoms with Crippen LogP contribution in [-0.4, -0.2) is 29.6 Å². The minimum atomic E-state index is -1.10. The van der Waals surface area contributed by atoms with E-state index in [1.807, 2.05) is 12.1 Å². The van der Waals surface area contributed by atoms with Gasteiger partial charge in [-0.1, -0.05) is 12.1 Å². The highest BCUT2D eigenvalue weighted by molar-refractivity contribution is 9.11. The van der Waals surface area contributed by atoms with Gasteiger partial charge in [-0.05, 0) is 81.0 Å². The highest BCUT2D eigenvalue weighted by atomic mass is 79.9. The lowest BCUT2D eigenvalue weighted by Gasteiger charge is -2.27. The number of aliphatic carboxylic acids is 1. The molecule has 2 aromatic rings. The van der Waals surface area contributed by atoms with Crippen LogP contribution in [0.1, 0.15) is 35.2 Å². The van der Waals surface area contributed by atoms with Gasteiger partial charge in [0.25, 0.3) is 5.91 Å². The number of rotatable bonds is 8. The molecule has 0 heterocycles. The van der Waals surface area contributed by atoms with Crippen LogP contribution in [0.25, 0.3) is 0 Å². The van der Waals surface area contributed by atoms with Gasteiger partial charge in [-0.2, -0.15) is 0 Å². The highest BCUT2D eigenvalue weighted by Crippen LogP contribution is 2.35. The van der Waals surface area contributed by atoms with Crippen LogP contribution in [0, 0.1) is 0 Å². The Morgan fingerprint density at radius 3 is 2.46 bits per heavy atom. The smallest absolute Gasteiger partial charge is 0.322 e. The van der Waals surface area contributed by atoms with Crippen LogP contribution in [0.3, 0.4) is 0 Å². The summed E-state index contributed by atoms with van der Waals surface area (Å²) in [6.45, 7) is -0.0561. The molecular weight excluding hydrogens is 492 g/mol. The molecule has 1 aliphatic rings. The zero-order chi connectivity index (χ0) is 20.1. The van der Waals surface area contributed by atoms with E-state index in [2.05, 4.69) is 54.6 Å². The SMILES string of the molecule is O=C(O)CNC(=O)c1cc(Br)c(OCc2cccc(NC3CCC3)c2)c(Br)c1. The fourth-order valence-electron chi connectivity index (χ4n) is 2.78. The monoisotopic (exact) mass is 510 g/mol. The van der Waals surface area contributed by atoms with Crippen molar-refractivity contribution in [1.29, 1.82) is 0 Å². The van der Waals surface area contributed by atoms with E-state index in [1.54, 1.807) is 12.1 Å². The molecule has 1 aliphatic carbocycles. The Morgan fingerprint density at radius 1 is 1.14 bits per heavy atom. The maximum atomic E-state index is 12.0. The second-order valence-electron chi connectivity index (χ2n) is 6.61. The van der Waals surface area contributed by atoms with Crippen molar-refractivity contribution in [1.82, 2.24) is 5.32 Å². The molecule has 0 aliphatic heterocycles. The topological polar surface area (TPSA) is 87.7 Å². The van der Waals surface area contributed by atoms with Crippen LogP contribution in [0.4, 0.5) is 5.69 Å². The lowest BCUT2D eigenvalue weighted by molar-refractivity contribution is -0.135. The van der Waals surface area contributed by atoms with Crippen LogP contribution in [0.5, 0.6) is 5.75 Å². The minimum absolute atomic E-state index is 0.332. The lowest BCUT2D eigenvalue weighted by Crippen LogP contribution is -2.29. The van der Waals surface area contributed by atoms with Gasteiger partial charge in [0.2, 0.25) is 0 Å². The number of carbonyl (C=O) groups excluding carboxylic acids is 1. The van der Waals surface area contributed by atoms with Crippen molar-refractivity contribution >= 4 is 49.4 Å². The van der Waals surface area contributed by atoms with Crippen LogP contribution in [0.15, 0.2) is 45.3 Å². The fraction of sp³-hybridized carbons (Fsp3) is 0.300. The molecule has 0 unspecified atom stereocenters. The number of carboxylic acid groups (broad SMARTS) is 1. The molecule has 0 spiro atoms. The van der Waals surface area contributed by atoms with E-state index >= 15 is 0 Å². The average molecular weight is 512 g/mol. The quantitative estimate of drug-likeness (QED) is 0.483. The van der Waals surface area contributed by atoms with Gasteiger partial charge >= 0.3 is 5.97 Å². The Hall–Kier alpha value is -2.06. The highest BCUT2D eigenvalue weighted by Gasteiger charge is 2.17. The van der Waals surface area contributed by atoms with Crippen molar-refractivity contribution < 1.29 is 19.4 Å². The molecule has 6 nitrogen and oxygen atoms in total. The molecule has 8 heteroatoms. The molecule has 1 fully saturated rings. The van der Waals surface area contributed by atoms with Gasteiger partial charge in [-0.15, -0.1) is 0 Å². The van der Waals surface area contributed by atoms with Crippen molar-refractivity contribution in [3.05, 3.63) is 56.5 Å². The summed E-state index contributed by atoms with van der Waals surface area (Å²) in [5, 5.41) is 14.5. The summed E-state index contributed by atoms with van der Waals surface area (Å²) >= 11 is 6.84. The van der Waals surface area contributed by atoms with Gasteiger partial charge in [0, 0.05) is 17.3 Å². The van der Waals surface area contributed by atoms with Crippen LogP contribution >= 0.6 is 31.9 Å². The molecule has 28 heavy (non-hydrogen) atoms. The zero-order valence-electron chi connectivity index (χ0n) is 15.0. The Labute approximate surface area is 179 Å². The number of anilines is 1. The molecule has 3 N–H and O–H groups in total.